The third-order valence-corrected chi connectivity index (χ3v) is 3.54. The van der Waals surface area contributed by atoms with Crippen molar-refractivity contribution in [1.29, 1.82) is 0 Å². The molecule has 2 rings (SSSR count). The zero-order valence-electron chi connectivity index (χ0n) is 11.1. The number of esters is 1. The summed E-state index contributed by atoms with van der Waals surface area (Å²) in [5.41, 5.74) is 5.87. The lowest BCUT2D eigenvalue weighted by atomic mass is 9.76. The van der Waals surface area contributed by atoms with Crippen molar-refractivity contribution >= 4 is 11.8 Å². The Morgan fingerprint density at radius 3 is 2.78 bits per heavy atom. The number of ether oxygens (including phenoxy) is 1. The predicted molar refractivity (Wildman–Crippen MR) is 68.8 cm³/mol. The number of rotatable bonds is 3. The van der Waals surface area contributed by atoms with Crippen molar-refractivity contribution in [1.82, 2.24) is 9.78 Å². The fourth-order valence-electron chi connectivity index (χ4n) is 2.31. The standard InChI is InChI=1S/C13H21N3O2/c1-13(2)6-3-10(4-7-13)18-12(17)9-16-8-5-11(14)15-16/h5,8,10H,3-4,6-7,9H2,1-2H3,(H2,14,15). The molecule has 0 aromatic carbocycles. The molecule has 0 amide bonds. The normalized spacial score (nSPS) is 19.7. The number of nitrogens with zero attached hydrogens (tertiary/aromatic N) is 2. The second-order valence-electron chi connectivity index (χ2n) is 5.79. The topological polar surface area (TPSA) is 70.1 Å². The number of aromatic nitrogens is 2. The first-order valence-corrected chi connectivity index (χ1v) is 6.43. The minimum atomic E-state index is -0.234. The smallest absolute Gasteiger partial charge is 0.328 e. The van der Waals surface area contributed by atoms with Crippen LogP contribution < -0.4 is 5.73 Å². The molecule has 0 aliphatic heterocycles. The SMILES string of the molecule is CC1(C)CCC(OC(=O)Cn2ccc(N)n2)CC1. The van der Waals surface area contributed by atoms with Gasteiger partial charge in [0.2, 0.25) is 0 Å². The van der Waals surface area contributed by atoms with Crippen LogP contribution >= 0.6 is 0 Å². The molecular formula is C13H21N3O2. The average Bonchev–Trinajstić information content (AvgIpc) is 2.67. The quantitative estimate of drug-likeness (QED) is 0.834. The zero-order valence-corrected chi connectivity index (χ0v) is 11.1. The Balaban J connectivity index is 1.78. The third-order valence-electron chi connectivity index (χ3n) is 3.54. The van der Waals surface area contributed by atoms with Gasteiger partial charge < -0.3 is 10.5 Å². The molecule has 1 heterocycles. The maximum Gasteiger partial charge on any atom is 0.328 e. The molecule has 2 N–H and O–H groups in total. The number of carbonyl (C=O) groups is 1. The second kappa shape index (κ2) is 5.00. The van der Waals surface area contributed by atoms with E-state index in [0.29, 0.717) is 11.2 Å². The Morgan fingerprint density at radius 1 is 1.56 bits per heavy atom. The molecule has 5 nitrogen and oxygen atoms in total. The summed E-state index contributed by atoms with van der Waals surface area (Å²) in [5, 5.41) is 3.96. The minimum Gasteiger partial charge on any atom is -0.461 e. The summed E-state index contributed by atoms with van der Waals surface area (Å²) in [4.78, 5) is 11.7. The fraction of sp³-hybridized carbons (Fsp3) is 0.692. The van der Waals surface area contributed by atoms with E-state index < -0.39 is 0 Å². The van der Waals surface area contributed by atoms with Crippen LogP contribution in [0.15, 0.2) is 12.3 Å². The lowest BCUT2D eigenvalue weighted by Crippen LogP contribution is -2.29. The number of nitrogens with two attached hydrogens (primary N) is 1. The molecule has 0 unspecified atom stereocenters. The van der Waals surface area contributed by atoms with E-state index in [9.17, 15) is 4.79 Å². The first-order valence-electron chi connectivity index (χ1n) is 6.43. The van der Waals surface area contributed by atoms with Crippen LogP contribution in [0.2, 0.25) is 0 Å². The van der Waals surface area contributed by atoms with Crippen molar-refractivity contribution in [3.05, 3.63) is 12.3 Å². The van der Waals surface area contributed by atoms with Crippen molar-refractivity contribution in [2.45, 2.75) is 52.2 Å². The van der Waals surface area contributed by atoms with Crippen LogP contribution in [0.5, 0.6) is 0 Å². The summed E-state index contributed by atoms with van der Waals surface area (Å²) >= 11 is 0. The molecule has 100 valence electrons. The predicted octanol–water partition coefficient (Wildman–Crippen LogP) is 1.98. The highest BCUT2D eigenvalue weighted by Gasteiger charge is 2.28. The average molecular weight is 251 g/mol. The van der Waals surface area contributed by atoms with Gasteiger partial charge in [0.25, 0.3) is 0 Å². The summed E-state index contributed by atoms with van der Waals surface area (Å²) in [6.07, 6.45) is 5.89. The molecule has 5 heteroatoms. The van der Waals surface area contributed by atoms with E-state index in [1.54, 1.807) is 12.3 Å². The Bertz CT molecular complexity index is 416. The van der Waals surface area contributed by atoms with Crippen LogP contribution in [-0.2, 0) is 16.1 Å². The van der Waals surface area contributed by atoms with E-state index in [-0.39, 0.29) is 18.6 Å². The highest BCUT2D eigenvalue weighted by atomic mass is 16.5. The highest BCUT2D eigenvalue weighted by molar-refractivity contribution is 5.69. The zero-order chi connectivity index (χ0) is 13.2. The van der Waals surface area contributed by atoms with Crippen molar-refractivity contribution < 1.29 is 9.53 Å². The first-order chi connectivity index (χ1) is 8.44. The molecule has 0 saturated heterocycles. The van der Waals surface area contributed by atoms with E-state index in [4.69, 9.17) is 10.5 Å². The summed E-state index contributed by atoms with van der Waals surface area (Å²) in [7, 11) is 0. The molecular weight excluding hydrogens is 230 g/mol. The molecule has 0 bridgehead atoms. The summed E-state index contributed by atoms with van der Waals surface area (Å²) in [6.45, 7) is 4.66. The van der Waals surface area contributed by atoms with Crippen LogP contribution in [0.1, 0.15) is 39.5 Å². The van der Waals surface area contributed by atoms with E-state index in [2.05, 4.69) is 18.9 Å². The molecule has 1 aromatic heterocycles. The van der Waals surface area contributed by atoms with Crippen molar-refractivity contribution in [2.75, 3.05) is 5.73 Å². The molecule has 1 aliphatic rings. The molecule has 0 spiro atoms. The van der Waals surface area contributed by atoms with Crippen LogP contribution in [-0.4, -0.2) is 21.9 Å². The largest absolute Gasteiger partial charge is 0.461 e. The molecule has 0 radical (unpaired) electrons. The van der Waals surface area contributed by atoms with Crippen molar-refractivity contribution in [2.24, 2.45) is 5.41 Å². The lowest BCUT2D eigenvalue weighted by Gasteiger charge is -2.33. The van der Waals surface area contributed by atoms with E-state index >= 15 is 0 Å². The van der Waals surface area contributed by atoms with E-state index in [1.807, 2.05) is 0 Å². The number of nitrogen functional groups attached to an aromatic ring is 1. The minimum absolute atomic E-state index is 0.0680. The maximum absolute atomic E-state index is 11.7. The van der Waals surface area contributed by atoms with Gasteiger partial charge in [0.05, 0.1) is 0 Å². The van der Waals surface area contributed by atoms with Crippen LogP contribution in [0.25, 0.3) is 0 Å². The Kier molecular flexibility index (Phi) is 3.59. The number of hydrogen-bond donors (Lipinski definition) is 1. The third kappa shape index (κ3) is 3.48. The van der Waals surface area contributed by atoms with E-state index in [0.717, 1.165) is 25.7 Å². The van der Waals surface area contributed by atoms with Gasteiger partial charge in [0.1, 0.15) is 18.5 Å². The monoisotopic (exact) mass is 251 g/mol. The van der Waals surface area contributed by atoms with Crippen molar-refractivity contribution in [3.8, 4) is 0 Å². The van der Waals surface area contributed by atoms with Crippen molar-refractivity contribution in [3.63, 3.8) is 0 Å². The fourth-order valence-corrected chi connectivity index (χ4v) is 2.31. The molecule has 18 heavy (non-hydrogen) atoms. The van der Waals surface area contributed by atoms with Gasteiger partial charge in [-0.2, -0.15) is 5.10 Å². The Morgan fingerprint density at radius 2 is 2.22 bits per heavy atom. The number of carbonyl (C=O) groups excluding carboxylic acids is 1. The van der Waals surface area contributed by atoms with Gasteiger partial charge in [0, 0.05) is 6.20 Å². The Labute approximate surface area is 107 Å². The van der Waals surface area contributed by atoms with Gasteiger partial charge in [-0.05, 0) is 37.2 Å². The first kappa shape index (κ1) is 12.9. The maximum atomic E-state index is 11.7. The molecule has 1 fully saturated rings. The highest BCUT2D eigenvalue weighted by Crippen LogP contribution is 2.36. The molecule has 1 aromatic rings. The van der Waals surface area contributed by atoms with Gasteiger partial charge in [0.15, 0.2) is 0 Å². The van der Waals surface area contributed by atoms with Gasteiger partial charge in [-0.3, -0.25) is 9.48 Å². The van der Waals surface area contributed by atoms with Gasteiger partial charge in [-0.25, -0.2) is 0 Å². The van der Waals surface area contributed by atoms with Crippen LogP contribution in [0.4, 0.5) is 5.82 Å². The molecule has 1 saturated carbocycles. The van der Waals surface area contributed by atoms with Gasteiger partial charge in [-0.1, -0.05) is 13.8 Å². The Hall–Kier alpha value is -1.52. The van der Waals surface area contributed by atoms with Crippen LogP contribution in [0, 0.1) is 5.41 Å². The lowest BCUT2D eigenvalue weighted by molar-refractivity contribution is -0.152. The van der Waals surface area contributed by atoms with Gasteiger partial charge in [-0.15, -0.1) is 0 Å². The summed E-state index contributed by atoms with van der Waals surface area (Å²) in [5.74, 6) is 0.185. The number of anilines is 1. The summed E-state index contributed by atoms with van der Waals surface area (Å²) in [6, 6.07) is 1.66. The molecule has 1 aliphatic carbocycles. The molecule has 0 atom stereocenters. The summed E-state index contributed by atoms with van der Waals surface area (Å²) < 4.78 is 6.96. The second-order valence-corrected chi connectivity index (χ2v) is 5.79. The number of hydrogen-bond acceptors (Lipinski definition) is 4. The van der Waals surface area contributed by atoms with Gasteiger partial charge >= 0.3 is 5.97 Å². The van der Waals surface area contributed by atoms with E-state index in [1.165, 1.54) is 4.68 Å². The van der Waals surface area contributed by atoms with Crippen LogP contribution in [0.3, 0.4) is 0 Å².